The van der Waals surface area contributed by atoms with Crippen molar-refractivity contribution in [1.82, 2.24) is 15.2 Å². The molecule has 2 fully saturated rings. The predicted octanol–water partition coefficient (Wildman–Crippen LogP) is 1.71. The van der Waals surface area contributed by atoms with Crippen molar-refractivity contribution in [3.05, 3.63) is 30.1 Å². The number of nitrogens with zero attached hydrogens (tertiary/aromatic N) is 2. The molecular weight excluding hydrogens is 325 g/mol. The summed E-state index contributed by atoms with van der Waals surface area (Å²) >= 11 is 0. The van der Waals surface area contributed by atoms with Crippen LogP contribution in [0, 0.1) is 0 Å². The van der Waals surface area contributed by atoms with E-state index in [9.17, 15) is 14.0 Å². The molecule has 0 bridgehead atoms. The number of hydrogen-bond donors (Lipinski definition) is 1. The quantitative estimate of drug-likeness (QED) is 0.878. The number of amides is 2. The van der Waals surface area contributed by atoms with Crippen LogP contribution in [-0.2, 0) is 9.53 Å². The van der Waals surface area contributed by atoms with Crippen LogP contribution in [0.3, 0.4) is 0 Å². The van der Waals surface area contributed by atoms with Gasteiger partial charge in [-0.25, -0.2) is 0 Å². The van der Waals surface area contributed by atoms with Crippen LogP contribution < -0.4 is 5.32 Å². The summed E-state index contributed by atoms with van der Waals surface area (Å²) in [4.78, 5) is 29.7. The van der Waals surface area contributed by atoms with Crippen molar-refractivity contribution in [1.29, 1.82) is 0 Å². The molecule has 1 aromatic rings. The lowest BCUT2D eigenvalue weighted by Gasteiger charge is -2.38. The van der Waals surface area contributed by atoms with Gasteiger partial charge in [0.05, 0.1) is 30.4 Å². The molecule has 1 spiro atoms. The third-order valence-corrected chi connectivity index (χ3v) is 4.97. The zero-order valence-electron chi connectivity index (χ0n) is 14.2. The molecule has 3 rings (SSSR count). The first-order valence-corrected chi connectivity index (χ1v) is 8.82. The lowest BCUT2D eigenvalue weighted by molar-refractivity contribution is -0.137. The van der Waals surface area contributed by atoms with Gasteiger partial charge in [-0.05, 0) is 37.8 Å². The van der Waals surface area contributed by atoms with E-state index in [1.165, 1.54) is 6.20 Å². The Labute approximate surface area is 146 Å². The minimum absolute atomic E-state index is 0.0549. The van der Waals surface area contributed by atoms with Gasteiger partial charge in [-0.2, -0.15) is 0 Å². The van der Waals surface area contributed by atoms with Crippen LogP contribution in [0.1, 0.15) is 42.5 Å². The van der Waals surface area contributed by atoms with Gasteiger partial charge in [0, 0.05) is 32.0 Å². The average molecular weight is 349 g/mol. The predicted molar refractivity (Wildman–Crippen MR) is 89.8 cm³/mol. The van der Waals surface area contributed by atoms with Gasteiger partial charge in [0.25, 0.3) is 5.91 Å². The van der Waals surface area contributed by atoms with Gasteiger partial charge in [-0.15, -0.1) is 0 Å². The Morgan fingerprint density at radius 1 is 1.44 bits per heavy atom. The topological polar surface area (TPSA) is 71.5 Å². The smallest absolute Gasteiger partial charge is 0.252 e. The van der Waals surface area contributed by atoms with Crippen LogP contribution in [0.2, 0.25) is 0 Å². The van der Waals surface area contributed by atoms with Crippen LogP contribution in [0.25, 0.3) is 0 Å². The number of nitrogens with one attached hydrogen (secondary N) is 1. The molecule has 0 aliphatic carbocycles. The van der Waals surface area contributed by atoms with Gasteiger partial charge in [-0.1, -0.05) is 0 Å². The molecule has 0 radical (unpaired) electrons. The standard InChI is InChI=1S/C18H24FN3O3/c19-8-5-16(23)22-10-7-18(13-22)6-1-4-15(25-18)12-21-17(24)14-3-2-9-20-11-14/h2-3,9,11,15H,1,4-8,10,12-13H2,(H,21,24)/t15-,18-/m1/s1. The van der Waals surface area contributed by atoms with Gasteiger partial charge in [0.15, 0.2) is 0 Å². The maximum absolute atomic E-state index is 12.4. The zero-order chi connectivity index (χ0) is 17.7. The van der Waals surface area contributed by atoms with Crippen LogP contribution in [-0.4, -0.2) is 59.7 Å². The number of ether oxygens (including phenoxy) is 1. The summed E-state index contributed by atoms with van der Waals surface area (Å²) < 4.78 is 18.6. The van der Waals surface area contributed by atoms with Crippen LogP contribution in [0.5, 0.6) is 0 Å². The summed E-state index contributed by atoms with van der Waals surface area (Å²) in [6.45, 7) is 0.965. The molecule has 7 heteroatoms. The molecule has 1 aromatic heterocycles. The molecule has 2 aliphatic rings. The summed E-state index contributed by atoms with van der Waals surface area (Å²) in [6, 6.07) is 3.44. The second kappa shape index (κ2) is 7.91. The Bertz CT molecular complexity index is 613. The van der Waals surface area contributed by atoms with Gasteiger partial charge in [-0.3, -0.25) is 19.0 Å². The first kappa shape index (κ1) is 17.8. The summed E-state index contributed by atoms with van der Waals surface area (Å²) in [6.07, 6.45) is 6.60. The maximum Gasteiger partial charge on any atom is 0.252 e. The monoisotopic (exact) mass is 349 g/mol. The van der Waals surface area contributed by atoms with E-state index in [0.717, 1.165) is 25.7 Å². The number of carbonyl (C=O) groups is 2. The summed E-state index contributed by atoms with van der Waals surface area (Å²) in [5.74, 6) is -0.308. The van der Waals surface area contributed by atoms with Crippen molar-refractivity contribution in [3.8, 4) is 0 Å². The lowest BCUT2D eigenvalue weighted by Crippen LogP contribution is -2.47. The number of halogens is 1. The minimum atomic E-state index is -0.619. The Hall–Kier alpha value is -2.02. The Morgan fingerprint density at radius 3 is 3.08 bits per heavy atom. The summed E-state index contributed by atoms with van der Waals surface area (Å²) in [5, 5.41) is 2.90. The Kier molecular flexibility index (Phi) is 5.63. The van der Waals surface area contributed by atoms with Gasteiger partial charge in [0.1, 0.15) is 0 Å². The molecule has 2 aliphatic heterocycles. The zero-order valence-corrected chi connectivity index (χ0v) is 14.2. The van der Waals surface area contributed by atoms with Gasteiger partial charge in [0.2, 0.25) is 5.91 Å². The number of aromatic nitrogens is 1. The van der Waals surface area contributed by atoms with Gasteiger partial charge >= 0.3 is 0 Å². The SMILES string of the molecule is O=C(NC[C@H]1CCC[C@]2(CCN(C(=O)CCF)C2)O1)c1cccnc1. The molecule has 0 aromatic carbocycles. The van der Waals surface area contributed by atoms with E-state index in [1.54, 1.807) is 23.2 Å². The number of rotatable bonds is 5. The van der Waals surface area contributed by atoms with E-state index >= 15 is 0 Å². The van der Waals surface area contributed by atoms with Crippen molar-refractivity contribution < 1.29 is 18.7 Å². The van der Waals surface area contributed by atoms with E-state index in [-0.39, 0.29) is 29.9 Å². The van der Waals surface area contributed by atoms with Crippen LogP contribution in [0.4, 0.5) is 4.39 Å². The highest BCUT2D eigenvalue weighted by Gasteiger charge is 2.44. The van der Waals surface area contributed by atoms with Gasteiger partial charge < -0.3 is 15.0 Å². The molecule has 2 atom stereocenters. The van der Waals surface area contributed by atoms with Crippen molar-refractivity contribution >= 4 is 11.8 Å². The van der Waals surface area contributed by atoms with Crippen LogP contribution in [0.15, 0.2) is 24.5 Å². The highest BCUT2D eigenvalue weighted by molar-refractivity contribution is 5.93. The molecule has 1 N–H and O–H groups in total. The molecule has 25 heavy (non-hydrogen) atoms. The van der Waals surface area contributed by atoms with Crippen LogP contribution >= 0.6 is 0 Å². The number of carbonyl (C=O) groups excluding carboxylic acids is 2. The Balaban J connectivity index is 1.52. The van der Waals surface area contributed by atoms with E-state index in [1.807, 2.05) is 0 Å². The van der Waals surface area contributed by atoms with Crippen molar-refractivity contribution in [3.63, 3.8) is 0 Å². The van der Waals surface area contributed by atoms with Crippen molar-refractivity contribution in [2.24, 2.45) is 0 Å². The highest BCUT2D eigenvalue weighted by Crippen LogP contribution is 2.36. The molecule has 3 heterocycles. The number of alkyl halides is 1. The number of likely N-dealkylation sites (tertiary alicyclic amines) is 1. The van der Waals surface area contributed by atoms with Crippen molar-refractivity contribution in [2.75, 3.05) is 26.3 Å². The average Bonchev–Trinajstić information content (AvgIpc) is 3.04. The van der Waals surface area contributed by atoms with E-state index < -0.39 is 6.67 Å². The molecule has 0 saturated carbocycles. The second-order valence-electron chi connectivity index (χ2n) is 6.77. The maximum atomic E-state index is 12.4. The van der Waals surface area contributed by atoms with E-state index in [0.29, 0.717) is 25.2 Å². The Morgan fingerprint density at radius 2 is 2.32 bits per heavy atom. The normalized spacial score (nSPS) is 26.0. The molecule has 2 saturated heterocycles. The fraction of sp³-hybridized carbons (Fsp3) is 0.611. The second-order valence-corrected chi connectivity index (χ2v) is 6.77. The van der Waals surface area contributed by atoms with E-state index in [2.05, 4.69) is 10.3 Å². The molecule has 2 amide bonds. The molecule has 136 valence electrons. The van der Waals surface area contributed by atoms with Crippen molar-refractivity contribution in [2.45, 2.75) is 43.8 Å². The first-order chi connectivity index (χ1) is 12.1. The first-order valence-electron chi connectivity index (χ1n) is 8.82. The summed E-state index contributed by atoms with van der Waals surface area (Å²) in [5.41, 5.74) is 0.186. The minimum Gasteiger partial charge on any atom is -0.368 e. The summed E-state index contributed by atoms with van der Waals surface area (Å²) in [7, 11) is 0. The number of hydrogen-bond acceptors (Lipinski definition) is 4. The fourth-order valence-electron chi connectivity index (χ4n) is 3.67. The highest BCUT2D eigenvalue weighted by atomic mass is 19.1. The largest absolute Gasteiger partial charge is 0.368 e. The fourth-order valence-corrected chi connectivity index (χ4v) is 3.67. The number of pyridine rings is 1. The molecule has 0 unspecified atom stereocenters. The molecule has 6 nitrogen and oxygen atoms in total. The molecular formula is C18H24FN3O3. The lowest BCUT2D eigenvalue weighted by atomic mass is 9.90. The van der Waals surface area contributed by atoms with E-state index in [4.69, 9.17) is 4.74 Å². The third-order valence-electron chi connectivity index (χ3n) is 4.97. The third kappa shape index (κ3) is 4.34.